The molecule has 5 rings (SSSR count). The van der Waals surface area contributed by atoms with Crippen molar-refractivity contribution in [2.75, 3.05) is 19.7 Å². The number of aliphatic hydroxyl groups excluding tert-OH is 1. The zero-order chi connectivity index (χ0) is 30.0. The molecule has 226 valence electrons. The van der Waals surface area contributed by atoms with Crippen molar-refractivity contribution in [3.8, 4) is 0 Å². The van der Waals surface area contributed by atoms with Gasteiger partial charge in [-0.3, -0.25) is 19.2 Å². The van der Waals surface area contributed by atoms with Crippen molar-refractivity contribution < 1.29 is 33.8 Å². The van der Waals surface area contributed by atoms with Crippen molar-refractivity contribution in [3.63, 3.8) is 0 Å². The Labute approximate surface area is 246 Å². The molecular formula is C32H41N3O7. The average molecular weight is 580 g/mol. The Bertz CT molecular complexity index is 1250. The second-order valence-corrected chi connectivity index (χ2v) is 11.9. The van der Waals surface area contributed by atoms with Gasteiger partial charge in [0.2, 0.25) is 17.7 Å². The molecule has 42 heavy (non-hydrogen) atoms. The Hall–Kier alpha value is -3.50. The Morgan fingerprint density at radius 2 is 1.83 bits per heavy atom. The van der Waals surface area contributed by atoms with Crippen molar-refractivity contribution in [1.29, 1.82) is 0 Å². The molecule has 4 aliphatic heterocycles. The van der Waals surface area contributed by atoms with Crippen molar-refractivity contribution >= 4 is 23.7 Å². The van der Waals surface area contributed by atoms with E-state index in [1.54, 1.807) is 28.9 Å². The summed E-state index contributed by atoms with van der Waals surface area (Å²) in [5, 5.41) is 12.4. The van der Waals surface area contributed by atoms with Crippen LogP contribution in [-0.4, -0.2) is 88.1 Å². The lowest BCUT2D eigenvalue weighted by atomic mass is 9.74. The smallest absolute Gasteiger partial charge is 0.313 e. The SMILES string of the molecule is CC(C)N1C/C=C\CCC(=O)N[C@@H](C)[C@H](c2ccccc2)OC(=O)[C@@H]2[C@H]3C(=O)N(CCCCO)[C@H](C1=O)[C@]31C=C[C@H]2O1. The van der Waals surface area contributed by atoms with E-state index in [0.717, 1.165) is 5.56 Å². The summed E-state index contributed by atoms with van der Waals surface area (Å²) in [6, 6.07) is 7.55. The van der Waals surface area contributed by atoms with Gasteiger partial charge in [-0.2, -0.15) is 0 Å². The largest absolute Gasteiger partial charge is 0.455 e. The third kappa shape index (κ3) is 5.38. The first-order valence-corrected chi connectivity index (χ1v) is 15.0. The number of unbranched alkanes of at least 4 members (excludes halogenated alkanes) is 1. The number of hydrogen-bond acceptors (Lipinski definition) is 7. The minimum atomic E-state index is -1.30. The summed E-state index contributed by atoms with van der Waals surface area (Å²) in [6.07, 6.45) is 7.52. The van der Waals surface area contributed by atoms with Crippen LogP contribution in [0.2, 0.25) is 0 Å². The van der Waals surface area contributed by atoms with Crippen LogP contribution in [0.4, 0.5) is 0 Å². The van der Waals surface area contributed by atoms with Gasteiger partial charge in [0, 0.05) is 32.2 Å². The van der Waals surface area contributed by atoms with E-state index in [0.29, 0.717) is 25.8 Å². The van der Waals surface area contributed by atoms with Crippen LogP contribution in [0.5, 0.6) is 0 Å². The average Bonchev–Trinajstić information content (AvgIpc) is 3.60. The molecule has 0 unspecified atom stereocenters. The van der Waals surface area contributed by atoms with Crippen molar-refractivity contribution in [2.45, 2.75) is 82.4 Å². The van der Waals surface area contributed by atoms with Gasteiger partial charge in [0.05, 0.1) is 18.1 Å². The molecular weight excluding hydrogens is 538 g/mol. The summed E-state index contributed by atoms with van der Waals surface area (Å²) in [4.78, 5) is 58.5. The highest BCUT2D eigenvalue weighted by Crippen LogP contribution is 2.56. The number of aliphatic hydroxyl groups is 1. The standard InChI is InChI=1S/C32H41N3O7/c1-20(2)34-17-9-5-8-14-24(37)33-21(3)27(22-12-6-4-7-13-22)41-31(40)25-23-15-16-32(42-23)26(25)29(38)35(18-10-11-19-36)28(32)30(34)39/h4-7,9,12-13,15-16,20-21,23,25-28,36H,8,10-11,14,17-19H2,1-3H3,(H,33,37)/b9-5-/t21-,23+,25-,26-,27+,28+,32-/m0/s1. The second-order valence-electron chi connectivity index (χ2n) is 11.9. The highest BCUT2D eigenvalue weighted by atomic mass is 16.6. The number of benzene rings is 1. The lowest BCUT2D eigenvalue weighted by Gasteiger charge is -2.37. The highest BCUT2D eigenvalue weighted by Gasteiger charge is 2.73. The van der Waals surface area contributed by atoms with Gasteiger partial charge >= 0.3 is 5.97 Å². The second kappa shape index (κ2) is 12.4. The van der Waals surface area contributed by atoms with Crippen molar-refractivity contribution in [3.05, 3.63) is 60.2 Å². The molecule has 2 fully saturated rings. The number of ether oxygens (including phenoxy) is 2. The molecule has 0 aliphatic carbocycles. The summed E-state index contributed by atoms with van der Waals surface area (Å²) in [7, 11) is 0. The van der Waals surface area contributed by atoms with Gasteiger partial charge in [-0.25, -0.2) is 0 Å². The first-order chi connectivity index (χ1) is 20.2. The number of esters is 1. The normalized spacial score (nSPS) is 34.1. The van der Waals surface area contributed by atoms with Crippen LogP contribution < -0.4 is 5.32 Å². The molecule has 10 nitrogen and oxygen atoms in total. The van der Waals surface area contributed by atoms with E-state index >= 15 is 0 Å². The summed E-state index contributed by atoms with van der Waals surface area (Å²) >= 11 is 0. The molecule has 2 saturated heterocycles. The molecule has 0 radical (unpaired) electrons. The van der Waals surface area contributed by atoms with Crippen LogP contribution >= 0.6 is 0 Å². The minimum Gasteiger partial charge on any atom is -0.455 e. The van der Waals surface area contributed by atoms with E-state index in [1.165, 1.54) is 0 Å². The Kier molecular flexibility index (Phi) is 8.84. The van der Waals surface area contributed by atoms with Gasteiger partial charge in [0.1, 0.15) is 23.7 Å². The van der Waals surface area contributed by atoms with E-state index in [4.69, 9.17) is 9.47 Å². The number of nitrogens with zero attached hydrogens (tertiary/aromatic N) is 2. The van der Waals surface area contributed by atoms with E-state index in [2.05, 4.69) is 5.32 Å². The predicted molar refractivity (Wildman–Crippen MR) is 154 cm³/mol. The number of likely N-dealkylation sites (tertiary alicyclic amines) is 1. The predicted octanol–water partition coefficient (Wildman–Crippen LogP) is 2.29. The van der Waals surface area contributed by atoms with Crippen molar-refractivity contribution in [1.82, 2.24) is 15.1 Å². The van der Waals surface area contributed by atoms with Crippen LogP contribution in [0.1, 0.15) is 58.1 Å². The van der Waals surface area contributed by atoms with Crippen LogP contribution in [0.15, 0.2) is 54.6 Å². The van der Waals surface area contributed by atoms with Gasteiger partial charge in [-0.15, -0.1) is 0 Å². The summed E-state index contributed by atoms with van der Waals surface area (Å²) in [6.45, 7) is 6.16. The zero-order valence-corrected chi connectivity index (χ0v) is 24.5. The topological polar surface area (TPSA) is 125 Å². The Balaban J connectivity index is 1.56. The number of rotatable bonds is 6. The fraction of sp³-hybridized carbons (Fsp3) is 0.562. The molecule has 10 heteroatoms. The van der Waals surface area contributed by atoms with Crippen LogP contribution in [0.25, 0.3) is 0 Å². The Morgan fingerprint density at radius 3 is 2.55 bits per heavy atom. The number of hydrogen-bond donors (Lipinski definition) is 2. The molecule has 1 aromatic rings. The minimum absolute atomic E-state index is 0.0266. The number of allylic oxidation sites excluding steroid dienone is 1. The molecule has 2 N–H and O–H groups in total. The molecule has 7 atom stereocenters. The number of carbonyl (C=O) groups excluding carboxylic acids is 4. The zero-order valence-electron chi connectivity index (χ0n) is 24.5. The first kappa shape index (κ1) is 30.0. The van der Waals surface area contributed by atoms with Gasteiger partial charge in [-0.1, -0.05) is 54.6 Å². The van der Waals surface area contributed by atoms with Gasteiger partial charge < -0.3 is 29.7 Å². The fourth-order valence-corrected chi connectivity index (χ4v) is 6.79. The highest BCUT2D eigenvalue weighted by molar-refractivity contribution is 5.99. The number of amides is 3. The van der Waals surface area contributed by atoms with Crippen molar-refractivity contribution in [2.24, 2.45) is 11.8 Å². The molecule has 4 heterocycles. The number of nitrogens with one attached hydrogen (secondary N) is 1. The summed E-state index contributed by atoms with van der Waals surface area (Å²) in [5.41, 5.74) is -0.580. The molecule has 1 spiro atoms. The maximum atomic E-state index is 14.3. The van der Waals surface area contributed by atoms with E-state index in [1.807, 2.05) is 56.3 Å². The molecule has 4 aliphatic rings. The fourth-order valence-electron chi connectivity index (χ4n) is 6.79. The van der Waals surface area contributed by atoms with E-state index in [9.17, 15) is 24.3 Å². The maximum Gasteiger partial charge on any atom is 0.313 e. The maximum absolute atomic E-state index is 14.3. The third-order valence-corrected chi connectivity index (χ3v) is 8.81. The Morgan fingerprint density at radius 1 is 1.07 bits per heavy atom. The lowest BCUT2D eigenvalue weighted by Crippen LogP contribution is -2.57. The van der Waals surface area contributed by atoms with Crippen LogP contribution in [0, 0.1) is 11.8 Å². The molecule has 1 aromatic carbocycles. The number of fused-ring (bicyclic) bond motifs is 2. The van der Waals surface area contributed by atoms with Gasteiger partial charge in [0.15, 0.2) is 0 Å². The monoisotopic (exact) mass is 579 g/mol. The third-order valence-electron chi connectivity index (χ3n) is 8.81. The molecule has 0 aromatic heterocycles. The summed E-state index contributed by atoms with van der Waals surface area (Å²) < 4.78 is 12.6. The first-order valence-electron chi connectivity index (χ1n) is 15.0. The quantitative estimate of drug-likeness (QED) is 0.301. The lowest BCUT2D eigenvalue weighted by molar-refractivity contribution is -0.161. The van der Waals surface area contributed by atoms with Crippen LogP contribution in [-0.2, 0) is 28.7 Å². The van der Waals surface area contributed by atoms with E-state index < -0.39 is 47.7 Å². The summed E-state index contributed by atoms with van der Waals surface area (Å²) in [5.74, 6) is -3.23. The number of carbonyl (C=O) groups is 4. The number of cyclic esters (lactones) is 1. The molecule has 5 bridgehead atoms. The van der Waals surface area contributed by atoms with E-state index in [-0.39, 0.29) is 43.3 Å². The van der Waals surface area contributed by atoms with Gasteiger partial charge in [0.25, 0.3) is 0 Å². The molecule has 3 amide bonds. The molecule has 0 saturated carbocycles. The van der Waals surface area contributed by atoms with Crippen LogP contribution in [0.3, 0.4) is 0 Å². The van der Waals surface area contributed by atoms with Gasteiger partial charge in [-0.05, 0) is 45.6 Å².